The molecule has 0 aliphatic heterocycles. The van der Waals surface area contributed by atoms with Gasteiger partial charge in [0.1, 0.15) is 6.54 Å². The van der Waals surface area contributed by atoms with Crippen molar-refractivity contribution in [2.45, 2.75) is 52.0 Å². The van der Waals surface area contributed by atoms with Crippen molar-refractivity contribution in [2.75, 3.05) is 19.6 Å². The van der Waals surface area contributed by atoms with Gasteiger partial charge in [-0.3, -0.25) is 0 Å². The topological polar surface area (TPSA) is 0 Å². The van der Waals surface area contributed by atoms with Crippen LogP contribution in [0.15, 0.2) is 55.6 Å². The quantitative estimate of drug-likeness (QED) is 0.281. The molecule has 0 saturated heterocycles. The number of benzene rings is 1. The Morgan fingerprint density at radius 1 is 0.870 bits per heavy atom. The molecule has 0 spiro atoms. The SMILES string of the molecule is C=CC[N+](CC=C)(CCCCCCCC)Cc1ccccc1.[Br-]. The smallest absolute Gasteiger partial charge is 0.105 e. The highest BCUT2D eigenvalue weighted by molar-refractivity contribution is 5.13. The van der Waals surface area contributed by atoms with E-state index in [1.54, 1.807) is 0 Å². The van der Waals surface area contributed by atoms with Gasteiger partial charge in [0.25, 0.3) is 0 Å². The fourth-order valence-corrected chi connectivity index (χ4v) is 3.21. The van der Waals surface area contributed by atoms with Crippen molar-refractivity contribution in [1.82, 2.24) is 0 Å². The molecule has 0 unspecified atom stereocenters. The summed E-state index contributed by atoms with van der Waals surface area (Å²) in [5, 5.41) is 0. The first-order valence-electron chi connectivity index (χ1n) is 8.87. The highest BCUT2D eigenvalue weighted by Gasteiger charge is 2.24. The van der Waals surface area contributed by atoms with Crippen LogP contribution in [0.4, 0.5) is 0 Å². The van der Waals surface area contributed by atoms with E-state index in [0.717, 1.165) is 24.1 Å². The minimum atomic E-state index is 0. The average Bonchev–Trinajstić information content (AvgIpc) is 2.52. The van der Waals surface area contributed by atoms with Crippen molar-refractivity contribution in [3.63, 3.8) is 0 Å². The van der Waals surface area contributed by atoms with Gasteiger partial charge in [0, 0.05) is 5.56 Å². The molecule has 0 aliphatic carbocycles. The van der Waals surface area contributed by atoms with Gasteiger partial charge in [0.2, 0.25) is 0 Å². The predicted molar refractivity (Wildman–Crippen MR) is 98.8 cm³/mol. The van der Waals surface area contributed by atoms with Crippen molar-refractivity contribution in [2.24, 2.45) is 0 Å². The molecule has 0 saturated carbocycles. The number of hydrogen-bond acceptors (Lipinski definition) is 0. The molecule has 1 nitrogen and oxygen atoms in total. The Kier molecular flexibility index (Phi) is 13.1. The van der Waals surface area contributed by atoms with Gasteiger partial charge in [-0.15, -0.1) is 0 Å². The lowest BCUT2D eigenvalue weighted by molar-refractivity contribution is -0.930. The van der Waals surface area contributed by atoms with Crippen LogP contribution < -0.4 is 17.0 Å². The zero-order chi connectivity index (χ0) is 16.1. The largest absolute Gasteiger partial charge is 1.00 e. The average molecular weight is 380 g/mol. The Hall–Kier alpha value is -0.860. The molecule has 1 aromatic rings. The predicted octanol–water partition coefficient (Wildman–Crippen LogP) is 2.74. The standard InChI is InChI=1S/C21H34N.BrH/c1-4-7-8-9-10-14-19-22(17-5-2,18-6-3)20-21-15-12-11-13-16-21;/h5-6,11-13,15-16H,2-4,7-10,14,17-20H2,1H3;1H/q+1;/p-1. The van der Waals surface area contributed by atoms with E-state index in [9.17, 15) is 0 Å². The maximum absolute atomic E-state index is 3.99. The van der Waals surface area contributed by atoms with Gasteiger partial charge >= 0.3 is 0 Å². The van der Waals surface area contributed by atoms with Gasteiger partial charge in [-0.1, -0.05) is 76.1 Å². The number of halogens is 1. The molecule has 1 aromatic carbocycles. The summed E-state index contributed by atoms with van der Waals surface area (Å²) in [5.41, 5.74) is 1.41. The van der Waals surface area contributed by atoms with E-state index < -0.39 is 0 Å². The highest BCUT2D eigenvalue weighted by atomic mass is 79.9. The maximum atomic E-state index is 3.99. The molecule has 1 rings (SSSR count). The van der Waals surface area contributed by atoms with E-state index in [1.165, 1.54) is 50.6 Å². The Morgan fingerprint density at radius 2 is 1.43 bits per heavy atom. The molecular formula is C21H34BrN. The zero-order valence-corrected chi connectivity index (χ0v) is 16.4. The Morgan fingerprint density at radius 3 is 2.00 bits per heavy atom. The molecule has 0 amide bonds. The summed E-state index contributed by atoms with van der Waals surface area (Å²) in [6, 6.07) is 10.8. The fourth-order valence-electron chi connectivity index (χ4n) is 3.21. The Bertz CT molecular complexity index is 403. The highest BCUT2D eigenvalue weighted by Crippen LogP contribution is 2.18. The Labute approximate surface area is 154 Å². The third kappa shape index (κ3) is 9.12. The summed E-state index contributed by atoms with van der Waals surface area (Å²) in [7, 11) is 0. The van der Waals surface area contributed by atoms with Gasteiger partial charge in [-0.2, -0.15) is 0 Å². The molecule has 23 heavy (non-hydrogen) atoms. The van der Waals surface area contributed by atoms with Crippen molar-refractivity contribution in [1.29, 1.82) is 0 Å². The first-order chi connectivity index (χ1) is 10.8. The van der Waals surface area contributed by atoms with Crippen LogP contribution in [0.25, 0.3) is 0 Å². The summed E-state index contributed by atoms with van der Waals surface area (Å²) in [6.07, 6.45) is 12.3. The number of unbranched alkanes of at least 4 members (excludes halogenated alkanes) is 5. The molecule has 0 heterocycles. The van der Waals surface area contributed by atoms with Crippen molar-refractivity contribution >= 4 is 0 Å². The van der Waals surface area contributed by atoms with Crippen LogP contribution in [0.1, 0.15) is 51.0 Å². The van der Waals surface area contributed by atoms with Crippen molar-refractivity contribution < 1.29 is 21.5 Å². The lowest BCUT2D eigenvalue weighted by Crippen LogP contribution is -3.00. The van der Waals surface area contributed by atoms with Crippen LogP contribution in [0.5, 0.6) is 0 Å². The maximum Gasteiger partial charge on any atom is 0.105 e. The van der Waals surface area contributed by atoms with Crippen LogP contribution in [0.2, 0.25) is 0 Å². The van der Waals surface area contributed by atoms with E-state index in [2.05, 4.69) is 62.6 Å². The second-order valence-electron chi connectivity index (χ2n) is 6.42. The van der Waals surface area contributed by atoms with Gasteiger partial charge in [-0.05, 0) is 25.0 Å². The molecule has 2 heteroatoms. The summed E-state index contributed by atoms with van der Waals surface area (Å²) in [5.74, 6) is 0. The molecule has 0 aliphatic rings. The lowest BCUT2D eigenvalue weighted by atomic mass is 10.1. The van der Waals surface area contributed by atoms with E-state index in [-0.39, 0.29) is 17.0 Å². The second-order valence-corrected chi connectivity index (χ2v) is 6.42. The number of nitrogens with zero attached hydrogens (tertiary/aromatic N) is 1. The number of rotatable bonds is 13. The fraction of sp³-hybridized carbons (Fsp3) is 0.524. The second kappa shape index (κ2) is 13.6. The van der Waals surface area contributed by atoms with E-state index in [0.29, 0.717) is 0 Å². The summed E-state index contributed by atoms with van der Waals surface area (Å²) in [6.45, 7) is 14.6. The first-order valence-corrected chi connectivity index (χ1v) is 8.87. The summed E-state index contributed by atoms with van der Waals surface area (Å²) < 4.78 is 1.06. The van der Waals surface area contributed by atoms with Crippen LogP contribution >= 0.6 is 0 Å². The molecule has 0 fully saturated rings. The minimum absolute atomic E-state index is 0. The molecule has 0 bridgehead atoms. The number of quaternary nitrogens is 1. The molecular weight excluding hydrogens is 346 g/mol. The van der Waals surface area contributed by atoms with Crippen molar-refractivity contribution in [3.8, 4) is 0 Å². The first kappa shape index (κ1) is 22.1. The summed E-state index contributed by atoms with van der Waals surface area (Å²) >= 11 is 0. The van der Waals surface area contributed by atoms with E-state index in [1.807, 2.05) is 0 Å². The third-order valence-electron chi connectivity index (χ3n) is 4.38. The van der Waals surface area contributed by atoms with Gasteiger partial charge in [0.15, 0.2) is 0 Å². The lowest BCUT2D eigenvalue weighted by Gasteiger charge is -2.37. The van der Waals surface area contributed by atoms with Gasteiger partial charge in [0.05, 0.1) is 19.6 Å². The number of hydrogen-bond donors (Lipinski definition) is 0. The summed E-state index contributed by atoms with van der Waals surface area (Å²) in [4.78, 5) is 0. The van der Waals surface area contributed by atoms with Crippen LogP contribution in [-0.4, -0.2) is 24.1 Å². The normalized spacial score (nSPS) is 10.8. The molecule has 0 radical (unpaired) electrons. The van der Waals surface area contributed by atoms with E-state index >= 15 is 0 Å². The van der Waals surface area contributed by atoms with Crippen molar-refractivity contribution in [3.05, 3.63) is 61.2 Å². The van der Waals surface area contributed by atoms with Crippen LogP contribution in [0, 0.1) is 0 Å². The molecule has 0 aromatic heterocycles. The Balaban J connectivity index is 0.00000484. The van der Waals surface area contributed by atoms with Gasteiger partial charge in [-0.25, -0.2) is 0 Å². The molecule has 130 valence electrons. The zero-order valence-electron chi connectivity index (χ0n) is 14.9. The molecule has 0 atom stereocenters. The van der Waals surface area contributed by atoms with E-state index in [4.69, 9.17) is 0 Å². The monoisotopic (exact) mass is 379 g/mol. The minimum Gasteiger partial charge on any atom is -1.00 e. The van der Waals surface area contributed by atoms with Crippen LogP contribution in [-0.2, 0) is 6.54 Å². The van der Waals surface area contributed by atoms with Crippen LogP contribution in [0.3, 0.4) is 0 Å². The molecule has 0 N–H and O–H groups in total. The third-order valence-corrected chi connectivity index (χ3v) is 4.38. The van der Waals surface area contributed by atoms with Gasteiger partial charge < -0.3 is 21.5 Å².